The van der Waals surface area contributed by atoms with Gasteiger partial charge in [0, 0.05) is 13.0 Å². The Morgan fingerprint density at radius 3 is 2.50 bits per heavy atom. The topological polar surface area (TPSA) is 66.4 Å². The van der Waals surface area contributed by atoms with Crippen molar-refractivity contribution in [3.63, 3.8) is 0 Å². The number of carboxylic acids is 1. The summed E-state index contributed by atoms with van der Waals surface area (Å²) in [5.74, 6) is -0.0990. The lowest BCUT2D eigenvalue weighted by Crippen LogP contribution is -2.44. The Bertz CT molecular complexity index is 450. The zero-order chi connectivity index (χ0) is 15.0. The number of rotatable bonds is 8. The molecule has 0 aromatic heterocycles. The molecule has 0 fully saturated rings. The van der Waals surface area contributed by atoms with Gasteiger partial charge in [-0.3, -0.25) is 9.59 Å². The Labute approximate surface area is 124 Å². The van der Waals surface area contributed by atoms with Crippen molar-refractivity contribution >= 4 is 23.6 Å². The molecule has 0 aliphatic carbocycles. The highest BCUT2D eigenvalue weighted by Crippen LogP contribution is 2.23. The van der Waals surface area contributed by atoms with E-state index in [4.69, 9.17) is 0 Å². The number of amides is 1. The Balaban J connectivity index is 2.65. The van der Waals surface area contributed by atoms with E-state index in [1.165, 1.54) is 0 Å². The molecule has 0 aliphatic heterocycles. The largest absolute Gasteiger partial charge is 0.481 e. The van der Waals surface area contributed by atoms with Crippen LogP contribution in [0.2, 0.25) is 0 Å². The molecule has 1 amide bonds. The number of benzene rings is 1. The fourth-order valence-electron chi connectivity index (χ4n) is 1.85. The van der Waals surface area contributed by atoms with Crippen LogP contribution < -0.4 is 5.32 Å². The lowest BCUT2D eigenvalue weighted by Gasteiger charge is -2.25. The van der Waals surface area contributed by atoms with Gasteiger partial charge in [-0.2, -0.15) is 11.8 Å². The molecule has 1 aromatic rings. The molecule has 2 N–H and O–H groups in total. The Morgan fingerprint density at radius 1 is 1.30 bits per heavy atom. The molecule has 0 saturated carbocycles. The summed E-state index contributed by atoms with van der Waals surface area (Å²) in [6.45, 7) is 1.73. The van der Waals surface area contributed by atoms with Gasteiger partial charge in [-0.1, -0.05) is 30.3 Å². The van der Waals surface area contributed by atoms with Gasteiger partial charge in [-0.15, -0.1) is 0 Å². The number of hydrogen-bond acceptors (Lipinski definition) is 3. The van der Waals surface area contributed by atoms with E-state index in [0.29, 0.717) is 12.0 Å². The molecule has 0 radical (unpaired) electrons. The van der Waals surface area contributed by atoms with Crippen LogP contribution in [0.3, 0.4) is 0 Å². The first-order chi connectivity index (χ1) is 9.50. The maximum Gasteiger partial charge on any atom is 0.315 e. The lowest BCUT2D eigenvalue weighted by atomic mass is 9.82. The monoisotopic (exact) mass is 295 g/mol. The fraction of sp³-hybridized carbons (Fsp3) is 0.467. The summed E-state index contributed by atoms with van der Waals surface area (Å²) in [4.78, 5) is 23.2. The Hall–Kier alpha value is -1.49. The molecule has 1 rings (SSSR count). The number of aliphatic carboxylic acids is 1. The highest BCUT2D eigenvalue weighted by molar-refractivity contribution is 7.98. The van der Waals surface area contributed by atoms with Crippen molar-refractivity contribution in [1.82, 2.24) is 5.32 Å². The molecular weight excluding hydrogens is 274 g/mol. The molecule has 0 saturated heterocycles. The minimum atomic E-state index is -1.10. The van der Waals surface area contributed by atoms with Gasteiger partial charge in [0.15, 0.2) is 0 Å². The standard InChI is InChI=1S/C15H21NO3S/c1-15(14(18)19,12-7-4-3-5-8-12)11-16-13(17)9-6-10-20-2/h3-5,7-8H,6,9-11H2,1-2H3,(H,16,17)(H,18,19). The van der Waals surface area contributed by atoms with Gasteiger partial charge < -0.3 is 10.4 Å². The van der Waals surface area contributed by atoms with Crippen molar-refractivity contribution in [3.05, 3.63) is 35.9 Å². The molecule has 5 heteroatoms. The first kappa shape index (κ1) is 16.6. The predicted octanol–water partition coefficient (Wildman–Crippen LogP) is 2.29. The van der Waals surface area contributed by atoms with Crippen LogP contribution in [0.5, 0.6) is 0 Å². The number of carbonyl (C=O) groups is 2. The smallest absolute Gasteiger partial charge is 0.315 e. The predicted molar refractivity (Wildman–Crippen MR) is 82.1 cm³/mol. The normalized spacial score (nSPS) is 13.5. The van der Waals surface area contributed by atoms with Crippen LogP contribution in [0.15, 0.2) is 30.3 Å². The molecule has 0 heterocycles. The summed E-state index contributed by atoms with van der Waals surface area (Å²) < 4.78 is 0. The number of carbonyl (C=O) groups excluding carboxylic acids is 1. The van der Waals surface area contributed by atoms with Gasteiger partial charge in [0.2, 0.25) is 5.91 Å². The van der Waals surface area contributed by atoms with E-state index >= 15 is 0 Å². The van der Waals surface area contributed by atoms with Crippen molar-refractivity contribution in [2.24, 2.45) is 0 Å². The highest BCUT2D eigenvalue weighted by atomic mass is 32.2. The number of carboxylic acid groups (broad SMARTS) is 1. The summed E-state index contributed by atoms with van der Waals surface area (Å²) in [5, 5.41) is 12.2. The number of nitrogens with one attached hydrogen (secondary N) is 1. The molecule has 4 nitrogen and oxygen atoms in total. The van der Waals surface area contributed by atoms with Gasteiger partial charge in [0.1, 0.15) is 5.41 Å². The molecule has 20 heavy (non-hydrogen) atoms. The Morgan fingerprint density at radius 2 is 1.95 bits per heavy atom. The molecular formula is C15H21NO3S. The lowest BCUT2D eigenvalue weighted by molar-refractivity contribution is -0.143. The molecule has 0 aliphatic rings. The first-order valence-electron chi connectivity index (χ1n) is 6.55. The maximum atomic E-state index is 11.7. The van der Waals surface area contributed by atoms with Crippen LogP contribution in [0.4, 0.5) is 0 Å². The minimum absolute atomic E-state index is 0.0949. The first-order valence-corrected chi connectivity index (χ1v) is 7.94. The van der Waals surface area contributed by atoms with Crippen molar-refractivity contribution in [2.45, 2.75) is 25.2 Å². The van der Waals surface area contributed by atoms with E-state index in [2.05, 4.69) is 5.32 Å². The summed E-state index contributed by atoms with van der Waals surface area (Å²) in [5.41, 5.74) is -0.409. The second-order valence-electron chi connectivity index (χ2n) is 4.88. The van der Waals surface area contributed by atoms with Crippen LogP contribution in [0.25, 0.3) is 0 Å². The maximum absolute atomic E-state index is 11.7. The quantitative estimate of drug-likeness (QED) is 0.722. The van der Waals surface area contributed by atoms with E-state index in [9.17, 15) is 14.7 Å². The van der Waals surface area contributed by atoms with Crippen LogP contribution in [-0.2, 0) is 15.0 Å². The highest BCUT2D eigenvalue weighted by Gasteiger charge is 2.35. The van der Waals surface area contributed by atoms with Gasteiger partial charge in [0.25, 0.3) is 0 Å². The third-order valence-electron chi connectivity index (χ3n) is 3.27. The van der Waals surface area contributed by atoms with Crippen molar-refractivity contribution < 1.29 is 14.7 Å². The van der Waals surface area contributed by atoms with E-state index in [0.717, 1.165) is 12.2 Å². The molecule has 0 bridgehead atoms. The van der Waals surface area contributed by atoms with E-state index < -0.39 is 11.4 Å². The van der Waals surface area contributed by atoms with Gasteiger partial charge in [0.05, 0.1) is 0 Å². The second kappa shape index (κ2) is 7.94. The summed E-state index contributed by atoms with van der Waals surface area (Å²) >= 11 is 1.69. The molecule has 1 atom stereocenters. The molecule has 0 spiro atoms. The minimum Gasteiger partial charge on any atom is -0.481 e. The van der Waals surface area contributed by atoms with Crippen molar-refractivity contribution in [1.29, 1.82) is 0 Å². The molecule has 110 valence electrons. The van der Waals surface area contributed by atoms with E-state index in [1.807, 2.05) is 12.3 Å². The molecule has 1 unspecified atom stereocenters. The zero-order valence-corrected chi connectivity index (χ0v) is 12.7. The van der Waals surface area contributed by atoms with E-state index in [-0.39, 0.29) is 12.5 Å². The van der Waals surface area contributed by atoms with Crippen LogP contribution in [-0.4, -0.2) is 35.5 Å². The third-order valence-corrected chi connectivity index (χ3v) is 3.97. The van der Waals surface area contributed by atoms with Gasteiger partial charge in [-0.25, -0.2) is 0 Å². The van der Waals surface area contributed by atoms with Gasteiger partial charge >= 0.3 is 5.97 Å². The average molecular weight is 295 g/mol. The van der Waals surface area contributed by atoms with Crippen LogP contribution >= 0.6 is 11.8 Å². The SMILES string of the molecule is CSCCCC(=O)NCC(C)(C(=O)O)c1ccccc1. The zero-order valence-electron chi connectivity index (χ0n) is 11.9. The third kappa shape index (κ3) is 4.56. The summed E-state index contributed by atoms with van der Waals surface area (Å²) in [7, 11) is 0. The van der Waals surface area contributed by atoms with Gasteiger partial charge in [-0.05, 0) is 30.9 Å². The van der Waals surface area contributed by atoms with E-state index in [1.54, 1.807) is 43.0 Å². The number of hydrogen-bond donors (Lipinski definition) is 2. The van der Waals surface area contributed by atoms with Crippen molar-refractivity contribution in [2.75, 3.05) is 18.6 Å². The van der Waals surface area contributed by atoms with Crippen LogP contribution in [0.1, 0.15) is 25.3 Å². The number of thioether (sulfide) groups is 1. The summed E-state index contributed by atoms with van der Waals surface area (Å²) in [6, 6.07) is 8.99. The Kier molecular flexibility index (Phi) is 6.58. The average Bonchev–Trinajstić information content (AvgIpc) is 2.45. The molecule has 1 aromatic carbocycles. The fourth-order valence-corrected chi connectivity index (χ4v) is 2.28. The summed E-state index contributed by atoms with van der Waals surface area (Å²) in [6.07, 6.45) is 3.24. The van der Waals surface area contributed by atoms with Crippen LogP contribution in [0, 0.1) is 0 Å². The second-order valence-corrected chi connectivity index (χ2v) is 5.86. The van der Waals surface area contributed by atoms with Crippen molar-refractivity contribution in [3.8, 4) is 0 Å².